The molecule has 1 aromatic heterocycles. The summed E-state index contributed by atoms with van der Waals surface area (Å²) in [5.41, 5.74) is 1.38. The molecule has 4 nitrogen and oxygen atoms in total. The maximum Gasteiger partial charge on any atom is 0.185 e. The zero-order chi connectivity index (χ0) is 15.9. The number of aromatic nitrogens is 1. The average Bonchev–Trinajstić information content (AvgIpc) is 2.80. The first-order chi connectivity index (χ1) is 9.87. The Bertz CT molecular complexity index is 412. The van der Waals surface area contributed by atoms with Crippen LogP contribution < -0.4 is 10.2 Å². The molecule has 122 valence electrons. The Hall–Kier alpha value is -0.650. The molecular weight excluding hydrogens is 282 g/mol. The normalized spacial score (nSPS) is 11.9. The molecule has 0 spiro atoms. The highest BCUT2D eigenvalue weighted by atomic mass is 32.1. The van der Waals surface area contributed by atoms with Gasteiger partial charge in [-0.1, -0.05) is 13.3 Å². The lowest BCUT2D eigenvalue weighted by Gasteiger charge is -2.20. The second kappa shape index (κ2) is 8.71. The molecule has 0 aromatic carbocycles. The Morgan fingerprint density at radius 2 is 2.00 bits per heavy atom. The van der Waals surface area contributed by atoms with Gasteiger partial charge in [-0.25, -0.2) is 4.98 Å². The topological polar surface area (TPSA) is 37.4 Å². The minimum absolute atomic E-state index is 0.133. The zero-order valence-electron chi connectivity index (χ0n) is 14.5. The fourth-order valence-corrected chi connectivity index (χ4v) is 2.92. The third-order valence-corrected chi connectivity index (χ3v) is 4.35. The molecule has 0 saturated carbocycles. The summed E-state index contributed by atoms with van der Waals surface area (Å²) in [5, 5.41) is 4.67. The summed E-state index contributed by atoms with van der Waals surface area (Å²) in [6, 6.07) is 0. The molecule has 0 aliphatic heterocycles. The largest absolute Gasteiger partial charge is 0.380 e. The van der Waals surface area contributed by atoms with E-state index in [0.717, 1.165) is 44.3 Å². The number of nitrogens with one attached hydrogen (secondary N) is 1. The number of ether oxygens (including phenoxy) is 1. The van der Waals surface area contributed by atoms with Gasteiger partial charge in [-0.15, -0.1) is 11.3 Å². The monoisotopic (exact) mass is 313 g/mol. The molecule has 1 heterocycles. The summed E-state index contributed by atoms with van der Waals surface area (Å²) in [7, 11) is 2.09. The molecule has 0 radical (unpaired) electrons. The molecule has 1 rings (SSSR count). The van der Waals surface area contributed by atoms with E-state index in [9.17, 15) is 0 Å². The second-order valence-corrected chi connectivity index (χ2v) is 7.40. The number of thiazole rings is 1. The summed E-state index contributed by atoms with van der Waals surface area (Å²) < 4.78 is 5.43. The van der Waals surface area contributed by atoms with Crippen LogP contribution in [0.4, 0.5) is 5.13 Å². The van der Waals surface area contributed by atoms with Crippen LogP contribution in [0.1, 0.15) is 51.6 Å². The van der Waals surface area contributed by atoms with Crippen molar-refractivity contribution in [2.45, 2.75) is 59.5 Å². The van der Waals surface area contributed by atoms with Gasteiger partial charge in [-0.2, -0.15) is 0 Å². The molecule has 5 heteroatoms. The summed E-state index contributed by atoms with van der Waals surface area (Å²) in [4.78, 5) is 8.39. The number of likely N-dealkylation sites (N-methyl/N-ethyl adjacent to an activating group) is 1. The lowest BCUT2D eigenvalue weighted by molar-refractivity contribution is 0.154. The van der Waals surface area contributed by atoms with E-state index in [4.69, 9.17) is 9.72 Å². The molecule has 0 fully saturated rings. The molecule has 0 aliphatic rings. The van der Waals surface area contributed by atoms with E-state index in [2.05, 4.69) is 45.0 Å². The summed E-state index contributed by atoms with van der Waals surface area (Å²) in [6.07, 6.45) is 2.19. The SMILES string of the molecule is CCCc1nc(N(C)CCOCC)sc1CNC(C)(C)C. The number of hydrogen-bond acceptors (Lipinski definition) is 5. The van der Waals surface area contributed by atoms with Gasteiger partial charge in [0.25, 0.3) is 0 Å². The van der Waals surface area contributed by atoms with E-state index in [1.165, 1.54) is 10.6 Å². The number of aryl methyl sites for hydroxylation is 1. The third kappa shape index (κ3) is 6.76. The van der Waals surface area contributed by atoms with Gasteiger partial charge in [0.15, 0.2) is 5.13 Å². The Morgan fingerprint density at radius 1 is 1.29 bits per heavy atom. The summed E-state index contributed by atoms with van der Waals surface area (Å²) >= 11 is 1.80. The van der Waals surface area contributed by atoms with Crippen LogP contribution in [-0.2, 0) is 17.7 Å². The van der Waals surface area contributed by atoms with Gasteiger partial charge < -0.3 is 15.0 Å². The molecule has 21 heavy (non-hydrogen) atoms. The Balaban J connectivity index is 2.73. The van der Waals surface area contributed by atoms with Crippen molar-refractivity contribution in [3.05, 3.63) is 10.6 Å². The predicted molar refractivity (Wildman–Crippen MR) is 92.5 cm³/mol. The van der Waals surface area contributed by atoms with Crippen molar-refractivity contribution in [1.29, 1.82) is 0 Å². The van der Waals surface area contributed by atoms with Crippen molar-refractivity contribution in [3.63, 3.8) is 0 Å². The first-order valence-electron chi connectivity index (χ1n) is 7.89. The maximum absolute atomic E-state index is 5.43. The number of hydrogen-bond donors (Lipinski definition) is 1. The zero-order valence-corrected chi connectivity index (χ0v) is 15.3. The minimum Gasteiger partial charge on any atom is -0.380 e. The Labute approximate surface area is 133 Å². The maximum atomic E-state index is 5.43. The molecule has 0 bridgehead atoms. The molecule has 0 aliphatic carbocycles. The van der Waals surface area contributed by atoms with Crippen LogP contribution in [0.5, 0.6) is 0 Å². The quantitative estimate of drug-likeness (QED) is 0.709. The molecule has 0 amide bonds. The highest BCUT2D eigenvalue weighted by molar-refractivity contribution is 7.15. The Morgan fingerprint density at radius 3 is 2.57 bits per heavy atom. The number of anilines is 1. The first kappa shape index (κ1) is 18.4. The van der Waals surface area contributed by atoms with Gasteiger partial charge in [0, 0.05) is 37.2 Å². The van der Waals surface area contributed by atoms with E-state index in [0.29, 0.717) is 0 Å². The molecule has 1 N–H and O–H groups in total. The molecule has 0 saturated heterocycles. The molecule has 0 unspecified atom stereocenters. The standard InChI is InChI=1S/C16H31N3OS/c1-7-9-13-14(12-17-16(3,4)5)21-15(18-13)19(6)10-11-20-8-2/h17H,7-12H2,1-6H3. The van der Waals surface area contributed by atoms with Crippen LogP contribution in [0, 0.1) is 0 Å². The van der Waals surface area contributed by atoms with E-state index < -0.39 is 0 Å². The minimum atomic E-state index is 0.133. The van der Waals surface area contributed by atoms with Crippen molar-refractivity contribution in [3.8, 4) is 0 Å². The molecule has 0 atom stereocenters. The Kier molecular flexibility index (Phi) is 7.63. The van der Waals surface area contributed by atoms with Crippen molar-refractivity contribution < 1.29 is 4.74 Å². The van der Waals surface area contributed by atoms with Crippen molar-refractivity contribution in [2.75, 3.05) is 31.7 Å². The summed E-state index contributed by atoms with van der Waals surface area (Å²) in [6.45, 7) is 14.1. The van der Waals surface area contributed by atoms with Crippen LogP contribution in [0.15, 0.2) is 0 Å². The van der Waals surface area contributed by atoms with E-state index in [1.807, 2.05) is 6.92 Å². The summed E-state index contributed by atoms with van der Waals surface area (Å²) in [5.74, 6) is 0. The smallest absolute Gasteiger partial charge is 0.185 e. The fraction of sp³-hybridized carbons (Fsp3) is 0.812. The van der Waals surface area contributed by atoms with Crippen LogP contribution in [0.3, 0.4) is 0 Å². The second-order valence-electron chi connectivity index (χ2n) is 6.34. The van der Waals surface area contributed by atoms with E-state index in [1.54, 1.807) is 11.3 Å². The lowest BCUT2D eigenvalue weighted by atomic mass is 10.1. The fourth-order valence-electron chi connectivity index (χ4n) is 1.89. The van der Waals surface area contributed by atoms with Gasteiger partial charge >= 0.3 is 0 Å². The van der Waals surface area contributed by atoms with Crippen molar-refractivity contribution >= 4 is 16.5 Å². The van der Waals surface area contributed by atoms with Crippen LogP contribution in [0.2, 0.25) is 0 Å². The van der Waals surface area contributed by atoms with Gasteiger partial charge in [-0.3, -0.25) is 0 Å². The first-order valence-corrected chi connectivity index (χ1v) is 8.71. The molecular formula is C16H31N3OS. The van der Waals surface area contributed by atoms with Gasteiger partial charge in [0.1, 0.15) is 0 Å². The van der Waals surface area contributed by atoms with Crippen LogP contribution >= 0.6 is 11.3 Å². The van der Waals surface area contributed by atoms with Gasteiger partial charge in [-0.05, 0) is 34.1 Å². The third-order valence-electron chi connectivity index (χ3n) is 3.13. The predicted octanol–water partition coefficient (Wildman–Crippen LogP) is 3.46. The van der Waals surface area contributed by atoms with Crippen molar-refractivity contribution in [1.82, 2.24) is 10.3 Å². The van der Waals surface area contributed by atoms with Crippen molar-refractivity contribution in [2.24, 2.45) is 0 Å². The average molecular weight is 314 g/mol. The van der Waals surface area contributed by atoms with Gasteiger partial charge in [0.2, 0.25) is 0 Å². The highest BCUT2D eigenvalue weighted by Gasteiger charge is 2.16. The number of nitrogens with zero attached hydrogens (tertiary/aromatic N) is 2. The van der Waals surface area contributed by atoms with E-state index >= 15 is 0 Å². The van der Waals surface area contributed by atoms with Gasteiger partial charge in [0.05, 0.1) is 12.3 Å². The lowest BCUT2D eigenvalue weighted by Crippen LogP contribution is -2.35. The van der Waals surface area contributed by atoms with Crippen LogP contribution in [0.25, 0.3) is 0 Å². The highest BCUT2D eigenvalue weighted by Crippen LogP contribution is 2.27. The van der Waals surface area contributed by atoms with Crippen LogP contribution in [-0.4, -0.2) is 37.3 Å². The van der Waals surface area contributed by atoms with E-state index in [-0.39, 0.29) is 5.54 Å². The molecule has 1 aromatic rings. The number of rotatable bonds is 9.